The van der Waals surface area contributed by atoms with Crippen LogP contribution in [0.5, 0.6) is 0 Å². The number of non-ortho nitro benzene ring substituents is 1. The lowest BCUT2D eigenvalue weighted by molar-refractivity contribution is -0.384. The molecule has 90 valence electrons. The Kier molecular flexibility index (Phi) is 2.48. The van der Waals surface area contributed by atoms with Gasteiger partial charge in [-0.25, -0.2) is 0 Å². The molecule has 0 spiro atoms. The first-order chi connectivity index (χ1) is 8.75. The Morgan fingerprint density at radius 1 is 1.06 bits per heavy atom. The summed E-state index contributed by atoms with van der Waals surface area (Å²) in [5.74, 6) is 0. The summed E-state index contributed by atoms with van der Waals surface area (Å²) in [6, 6.07) is 17.4. The van der Waals surface area contributed by atoms with E-state index in [-0.39, 0.29) is 10.6 Å². The van der Waals surface area contributed by atoms with Crippen molar-refractivity contribution in [1.29, 1.82) is 0 Å². The van der Waals surface area contributed by atoms with Crippen LogP contribution in [0.1, 0.15) is 11.6 Å². The van der Waals surface area contributed by atoms with Gasteiger partial charge < -0.3 is 4.90 Å². The van der Waals surface area contributed by atoms with Crippen molar-refractivity contribution >= 4 is 11.4 Å². The fourth-order valence-corrected chi connectivity index (χ4v) is 2.15. The van der Waals surface area contributed by atoms with E-state index in [2.05, 4.69) is 17.0 Å². The normalized spacial score (nSPS) is 17.6. The van der Waals surface area contributed by atoms with Gasteiger partial charge in [-0.1, -0.05) is 30.3 Å². The zero-order valence-electron chi connectivity index (χ0n) is 9.69. The quantitative estimate of drug-likeness (QED) is 0.470. The van der Waals surface area contributed by atoms with E-state index in [1.165, 1.54) is 5.56 Å². The first-order valence-corrected chi connectivity index (χ1v) is 5.82. The lowest BCUT2D eigenvalue weighted by atomic mass is 10.1. The maximum absolute atomic E-state index is 10.6. The van der Waals surface area contributed by atoms with Crippen LogP contribution in [-0.2, 0) is 0 Å². The number of hydrogen-bond donors (Lipinski definition) is 0. The molecule has 0 radical (unpaired) electrons. The molecule has 1 atom stereocenters. The van der Waals surface area contributed by atoms with Crippen molar-refractivity contribution in [3.63, 3.8) is 0 Å². The maximum Gasteiger partial charge on any atom is 0.269 e. The van der Waals surface area contributed by atoms with Crippen LogP contribution in [0.25, 0.3) is 0 Å². The summed E-state index contributed by atoms with van der Waals surface area (Å²) < 4.78 is 0. The fraction of sp³-hybridized carbons (Fsp3) is 0.143. The Labute approximate surface area is 105 Å². The number of hydrogen-bond acceptors (Lipinski definition) is 3. The molecular formula is C14H12N2O2. The number of anilines is 1. The molecule has 0 aliphatic carbocycles. The van der Waals surface area contributed by atoms with Crippen molar-refractivity contribution in [1.82, 2.24) is 0 Å². The molecule has 1 heterocycles. The molecule has 1 saturated heterocycles. The molecule has 3 rings (SSSR count). The molecule has 2 aromatic carbocycles. The van der Waals surface area contributed by atoms with Crippen LogP contribution >= 0.6 is 0 Å². The van der Waals surface area contributed by atoms with Crippen LogP contribution in [0.3, 0.4) is 0 Å². The highest BCUT2D eigenvalue weighted by Crippen LogP contribution is 2.39. The van der Waals surface area contributed by atoms with Crippen LogP contribution in [0, 0.1) is 10.1 Å². The molecule has 4 heteroatoms. The molecular weight excluding hydrogens is 228 g/mol. The summed E-state index contributed by atoms with van der Waals surface area (Å²) in [7, 11) is 0. The summed E-state index contributed by atoms with van der Waals surface area (Å²) in [5.41, 5.74) is 2.46. The zero-order chi connectivity index (χ0) is 12.5. The minimum absolute atomic E-state index is 0.136. The van der Waals surface area contributed by atoms with E-state index in [9.17, 15) is 10.1 Å². The summed E-state index contributed by atoms with van der Waals surface area (Å²) >= 11 is 0. The Morgan fingerprint density at radius 3 is 2.33 bits per heavy atom. The molecule has 0 aromatic heterocycles. The van der Waals surface area contributed by atoms with Gasteiger partial charge in [-0.05, 0) is 17.7 Å². The number of nitro groups is 1. The molecule has 0 amide bonds. The monoisotopic (exact) mass is 240 g/mol. The van der Waals surface area contributed by atoms with Gasteiger partial charge >= 0.3 is 0 Å². The van der Waals surface area contributed by atoms with Crippen LogP contribution in [0.4, 0.5) is 11.4 Å². The Morgan fingerprint density at radius 2 is 1.72 bits per heavy atom. The molecule has 0 bridgehead atoms. The van der Waals surface area contributed by atoms with Crippen molar-refractivity contribution in [3.05, 3.63) is 70.3 Å². The predicted molar refractivity (Wildman–Crippen MR) is 69.6 cm³/mol. The summed E-state index contributed by atoms with van der Waals surface area (Å²) in [6.45, 7) is 0.974. The number of nitro benzene ring substituents is 1. The van der Waals surface area contributed by atoms with Gasteiger partial charge in [0.05, 0.1) is 11.0 Å². The minimum Gasteiger partial charge on any atom is -0.360 e. The number of benzene rings is 2. The highest BCUT2D eigenvalue weighted by molar-refractivity contribution is 5.58. The standard InChI is InChI=1S/C14H12N2O2/c17-16(18)13-8-6-12(7-9-13)15-10-14(15)11-4-2-1-3-5-11/h1-9,14H,10H2/t14-,15?/m1/s1. The first-order valence-electron chi connectivity index (χ1n) is 5.82. The second-order valence-corrected chi connectivity index (χ2v) is 4.35. The average Bonchev–Trinajstić information content (AvgIpc) is 3.20. The van der Waals surface area contributed by atoms with E-state index < -0.39 is 0 Å². The van der Waals surface area contributed by atoms with Crippen molar-refractivity contribution in [2.24, 2.45) is 0 Å². The fourth-order valence-electron chi connectivity index (χ4n) is 2.15. The van der Waals surface area contributed by atoms with Crippen LogP contribution in [0.2, 0.25) is 0 Å². The first kappa shape index (κ1) is 10.8. The SMILES string of the molecule is O=[N+]([O-])c1ccc(N2C[C@@H]2c2ccccc2)cc1. The molecule has 1 aliphatic rings. The molecule has 4 nitrogen and oxygen atoms in total. The van der Waals surface area contributed by atoms with E-state index in [1.807, 2.05) is 18.2 Å². The topological polar surface area (TPSA) is 46.1 Å². The van der Waals surface area contributed by atoms with Gasteiger partial charge in [0.2, 0.25) is 0 Å². The Balaban J connectivity index is 1.77. The predicted octanol–water partition coefficient (Wildman–Crippen LogP) is 3.16. The van der Waals surface area contributed by atoms with E-state index in [0.29, 0.717) is 6.04 Å². The second-order valence-electron chi connectivity index (χ2n) is 4.35. The molecule has 1 aliphatic heterocycles. The van der Waals surface area contributed by atoms with Gasteiger partial charge in [-0.15, -0.1) is 0 Å². The smallest absolute Gasteiger partial charge is 0.269 e. The minimum atomic E-state index is -0.374. The third kappa shape index (κ3) is 1.93. The molecule has 0 N–H and O–H groups in total. The lowest BCUT2D eigenvalue weighted by Crippen LogP contribution is -1.95. The van der Waals surface area contributed by atoms with Crippen LogP contribution in [0.15, 0.2) is 54.6 Å². The van der Waals surface area contributed by atoms with Gasteiger partial charge in [-0.2, -0.15) is 0 Å². The molecule has 1 fully saturated rings. The molecule has 2 aromatic rings. The third-order valence-electron chi connectivity index (χ3n) is 3.19. The maximum atomic E-state index is 10.6. The molecule has 18 heavy (non-hydrogen) atoms. The summed E-state index contributed by atoms with van der Waals surface area (Å²) in [5, 5.41) is 10.6. The van der Waals surface area contributed by atoms with Crippen LogP contribution < -0.4 is 4.90 Å². The van der Waals surface area contributed by atoms with Gasteiger partial charge in [-0.3, -0.25) is 10.1 Å². The highest BCUT2D eigenvalue weighted by atomic mass is 16.6. The Bertz CT molecular complexity index is 566. The number of nitrogens with zero attached hydrogens (tertiary/aromatic N) is 2. The lowest BCUT2D eigenvalue weighted by Gasteiger charge is -2.05. The van der Waals surface area contributed by atoms with E-state index >= 15 is 0 Å². The van der Waals surface area contributed by atoms with E-state index in [1.54, 1.807) is 24.3 Å². The van der Waals surface area contributed by atoms with Gasteiger partial charge in [0.15, 0.2) is 0 Å². The summed E-state index contributed by atoms with van der Waals surface area (Å²) in [4.78, 5) is 12.4. The Hall–Kier alpha value is -2.36. The zero-order valence-corrected chi connectivity index (χ0v) is 9.69. The van der Waals surface area contributed by atoms with Gasteiger partial charge in [0.25, 0.3) is 5.69 Å². The van der Waals surface area contributed by atoms with Gasteiger partial charge in [0, 0.05) is 24.4 Å². The second kappa shape index (κ2) is 4.14. The van der Waals surface area contributed by atoms with Crippen molar-refractivity contribution in [3.8, 4) is 0 Å². The van der Waals surface area contributed by atoms with Crippen molar-refractivity contribution in [2.45, 2.75) is 6.04 Å². The summed E-state index contributed by atoms with van der Waals surface area (Å²) in [6.07, 6.45) is 0. The van der Waals surface area contributed by atoms with E-state index in [4.69, 9.17) is 0 Å². The molecule has 0 unspecified atom stereocenters. The van der Waals surface area contributed by atoms with Crippen LogP contribution in [-0.4, -0.2) is 11.5 Å². The van der Waals surface area contributed by atoms with Crippen molar-refractivity contribution < 1.29 is 4.92 Å². The van der Waals surface area contributed by atoms with Gasteiger partial charge in [0.1, 0.15) is 0 Å². The number of rotatable bonds is 3. The average molecular weight is 240 g/mol. The largest absolute Gasteiger partial charge is 0.360 e. The highest BCUT2D eigenvalue weighted by Gasteiger charge is 2.35. The third-order valence-corrected chi connectivity index (χ3v) is 3.19. The van der Waals surface area contributed by atoms with E-state index in [0.717, 1.165) is 12.2 Å². The molecule has 0 saturated carbocycles. The van der Waals surface area contributed by atoms with Crippen molar-refractivity contribution in [2.75, 3.05) is 11.4 Å².